The van der Waals surface area contributed by atoms with Gasteiger partial charge in [-0.2, -0.15) is 5.10 Å². The highest BCUT2D eigenvalue weighted by Gasteiger charge is 2.15. The third kappa shape index (κ3) is 5.02. The molecule has 0 aliphatic rings. The molecule has 0 saturated heterocycles. The molecule has 6 nitrogen and oxygen atoms in total. The second-order valence-electron chi connectivity index (χ2n) is 6.00. The van der Waals surface area contributed by atoms with Gasteiger partial charge in [0.15, 0.2) is 0 Å². The Bertz CT molecular complexity index is 1040. The molecule has 0 fully saturated rings. The lowest BCUT2D eigenvalue weighted by Gasteiger charge is -2.10. The van der Waals surface area contributed by atoms with Crippen molar-refractivity contribution in [3.63, 3.8) is 0 Å². The van der Waals surface area contributed by atoms with Crippen LogP contribution in [-0.2, 0) is 0 Å². The second-order valence-corrected chi connectivity index (χ2v) is 6.44. The number of nitrogens with zero attached hydrogens (tertiary/aromatic N) is 2. The number of hydrazone groups is 1. The first-order valence-corrected chi connectivity index (χ1v) is 8.82. The number of benzene rings is 2. The summed E-state index contributed by atoms with van der Waals surface area (Å²) in [5.74, 6) is -0.874. The van der Waals surface area contributed by atoms with Crippen molar-refractivity contribution in [1.82, 2.24) is 10.4 Å². The van der Waals surface area contributed by atoms with E-state index in [4.69, 9.17) is 11.6 Å². The van der Waals surface area contributed by atoms with Gasteiger partial charge in [0, 0.05) is 17.4 Å². The third-order valence-electron chi connectivity index (χ3n) is 3.82. The van der Waals surface area contributed by atoms with Gasteiger partial charge in [-0.1, -0.05) is 41.4 Å². The third-order valence-corrected chi connectivity index (χ3v) is 4.06. The van der Waals surface area contributed by atoms with E-state index in [9.17, 15) is 9.59 Å². The van der Waals surface area contributed by atoms with Gasteiger partial charge >= 0.3 is 0 Å². The van der Waals surface area contributed by atoms with Gasteiger partial charge in [-0.05, 0) is 42.8 Å². The minimum atomic E-state index is -0.493. The maximum absolute atomic E-state index is 12.5. The Kier molecular flexibility index (Phi) is 6.14. The normalized spacial score (nSPS) is 10.6. The van der Waals surface area contributed by atoms with Crippen LogP contribution >= 0.6 is 11.6 Å². The van der Waals surface area contributed by atoms with Gasteiger partial charge in [0.25, 0.3) is 11.8 Å². The Morgan fingerprint density at radius 3 is 2.68 bits per heavy atom. The van der Waals surface area contributed by atoms with Gasteiger partial charge in [0.2, 0.25) is 0 Å². The zero-order valence-corrected chi connectivity index (χ0v) is 15.8. The number of halogens is 1. The van der Waals surface area contributed by atoms with E-state index in [1.807, 2.05) is 31.2 Å². The summed E-state index contributed by atoms with van der Waals surface area (Å²) in [6.45, 7) is 1.97. The van der Waals surface area contributed by atoms with Crippen LogP contribution in [-0.4, -0.2) is 23.0 Å². The molecule has 2 amide bonds. The molecule has 0 aliphatic heterocycles. The number of amides is 2. The van der Waals surface area contributed by atoms with Crippen LogP contribution in [0, 0.1) is 6.92 Å². The lowest BCUT2D eigenvalue weighted by molar-refractivity contribution is 0.0956. The zero-order valence-electron chi connectivity index (χ0n) is 15.0. The molecule has 7 heteroatoms. The number of aromatic nitrogens is 1. The standard InChI is InChI=1S/C21H17ClN4O2/c1-14-4-2-5-15(10-14)12-24-26-21(28)18-11-17(22)7-8-19(18)25-20(27)16-6-3-9-23-13-16/h2-13H,1H3,(H,25,27)(H,26,28)/b24-12+. The van der Waals surface area contributed by atoms with Crippen molar-refractivity contribution in [2.24, 2.45) is 5.10 Å². The molecule has 28 heavy (non-hydrogen) atoms. The van der Waals surface area contributed by atoms with Crippen LogP contribution in [0.15, 0.2) is 72.1 Å². The number of hydrogen-bond donors (Lipinski definition) is 2. The first kappa shape index (κ1) is 19.3. The summed E-state index contributed by atoms with van der Waals surface area (Å²) in [7, 11) is 0. The number of pyridine rings is 1. The fraction of sp³-hybridized carbons (Fsp3) is 0.0476. The molecule has 0 radical (unpaired) electrons. The second kappa shape index (κ2) is 8.92. The Hall–Kier alpha value is -3.51. The van der Waals surface area contributed by atoms with Crippen LogP contribution in [0.4, 0.5) is 5.69 Å². The molecule has 140 valence electrons. The van der Waals surface area contributed by atoms with E-state index in [2.05, 4.69) is 20.8 Å². The van der Waals surface area contributed by atoms with Gasteiger partial charge in [-0.3, -0.25) is 14.6 Å². The zero-order chi connectivity index (χ0) is 19.9. The van der Waals surface area contributed by atoms with Crippen molar-refractivity contribution in [1.29, 1.82) is 0 Å². The highest BCUT2D eigenvalue weighted by molar-refractivity contribution is 6.31. The summed E-state index contributed by atoms with van der Waals surface area (Å²) >= 11 is 6.02. The Balaban J connectivity index is 1.76. The fourth-order valence-electron chi connectivity index (χ4n) is 2.48. The highest BCUT2D eigenvalue weighted by atomic mass is 35.5. The number of carbonyl (C=O) groups excluding carboxylic acids is 2. The van der Waals surface area contributed by atoms with E-state index < -0.39 is 5.91 Å². The molecular formula is C21H17ClN4O2. The lowest BCUT2D eigenvalue weighted by Crippen LogP contribution is -2.21. The fourth-order valence-corrected chi connectivity index (χ4v) is 2.65. The molecule has 0 aliphatic carbocycles. The van der Waals surface area contributed by atoms with Crippen LogP contribution in [0.25, 0.3) is 0 Å². The van der Waals surface area contributed by atoms with Crippen LogP contribution in [0.2, 0.25) is 5.02 Å². The molecule has 0 bridgehead atoms. The van der Waals surface area contributed by atoms with E-state index in [1.54, 1.807) is 36.7 Å². The minimum Gasteiger partial charge on any atom is -0.321 e. The molecule has 0 unspecified atom stereocenters. The Morgan fingerprint density at radius 2 is 1.93 bits per heavy atom. The van der Waals surface area contributed by atoms with Crippen molar-refractivity contribution < 1.29 is 9.59 Å². The molecule has 2 N–H and O–H groups in total. The average molecular weight is 393 g/mol. The van der Waals surface area contributed by atoms with Gasteiger partial charge in [-0.15, -0.1) is 0 Å². The molecule has 0 atom stereocenters. The van der Waals surface area contributed by atoms with E-state index in [-0.39, 0.29) is 11.5 Å². The molecule has 1 aromatic heterocycles. The first-order chi connectivity index (χ1) is 13.5. The average Bonchev–Trinajstić information content (AvgIpc) is 2.70. The van der Waals surface area contributed by atoms with Crippen molar-refractivity contribution in [2.75, 3.05) is 5.32 Å². The monoisotopic (exact) mass is 392 g/mol. The summed E-state index contributed by atoms with van der Waals surface area (Å²) < 4.78 is 0. The lowest BCUT2D eigenvalue weighted by atomic mass is 10.1. The summed E-state index contributed by atoms with van der Waals surface area (Å²) in [6, 6.07) is 15.6. The van der Waals surface area contributed by atoms with Crippen LogP contribution in [0.1, 0.15) is 31.8 Å². The smallest absolute Gasteiger partial charge is 0.273 e. The quantitative estimate of drug-likeness (QED) is 0.507. The number of anilines is 1. The van der Waals surface area contributed by atoms with Crippen molar-refractivity contribution in [3.8, 4) is 0 Å². The van der Waals surface area contributed by atoms with Crippen LogP contribution < -0.4 is 10.7 Å². The number of nitrogens with one attached hydrogen (secondary N) is 2. The SMILES string of the molecule is Cc1cccc(/C=N/NC(=O)c2cc(Cl)ccc2NC(=O)c2cccnc2)c1. The van der Waals surface area contributed by atoms with Gasteiger partial charge in [0.05, 0.1) is 23.0 Å². The minimum absolute atomic E-state index is 0.200. The molecule has 2 aromatic carbocycles. The number of carbonyl (C=O) groups is 2. The molecule has 0 spiro atoms. The molecule has 1 heterocycles. The number of aryl methyl sites for hydroxylation is 1. The van der Waals surface area contributed by atoms with E-state index in [0.29, 0.717) is 16.3 Å². The van der Waals surface area contributed by atoms with Crippen molar-refractivity contribution >= 4 is 35.3 Å². The predicted molar refractivity (Wildman–Crippen MR) is 110 cm³/mol. The summed E-state index contributed by atoms with van der Waals surface area (Å²) in [5, 5.41) is 7.04. The van der Waals surface area contributed by atoms with E-state index in [1.165, 1.54) is 12.3 Å². The number of hydrogen-bond acceptors (Lipinski definition) is 4. The molecular weight excluding hydrogens is 376 g/mol. The van der Waals surface area contributed by atoms with E-state index in [0.717, 1.165) is 11.1 Å². The summed E-state index contributed by atoms with van der Waals surface area (Å²) in [6.07, 6.45) is 4.56. The number of rotatable bonds is 5. The van der Waals surface area contributed by atoms with Crippen LogP contribution in [0.5, 0.6) is 0 Å². The Morgan fingerprint density at radius 1 is 1.07 bits per heavy atom. The summed E-state index contributed by atoms with van der Waals surface area (Å²) in [4.78, 5) is 28.8. The summed E-state index contributed by atoms with van der Waals surface area (Å²) in [5.41, 5.74) is 5.30. The largest absolute Gasteiger partial charge is 0.321 e. The topological polar surface area (TPSA) is 83.5 Å². The molecule has 3 aromatic rings. The Labute approximate surface area is 167 Å². The molecule has 3 rings (SSSR count). The first-order valence-electron chi connectivity index (χ1n) is 8.44. The van der Waals surface area contributed by atoms with Gasteiger partial charge < -0.3 is 5.32 Å². The van der Waals surface area contributed by atoms with Crippen molar-refractivity contribution in [2.45, 2.75) is 6.92 Å². The van der Waals surface area contributed by atoms with Crippen molar-refractivity contribution in [3.05, 3.63) is 94.3 Å². The predicted octanol–water partition coefficient (Wildman–Crippen LogP) is 4.06. The maximum Gasteiger partial charge on any atom is 0.273 e. The maximum atomic E-state index is 12.5. The van der Waals surface area contributed by atoms with Crippen LogP contribution in [0.3, 0.4) is 0 Å². The molecule has 0 saturated carbocycles. The van der Waals surface area contributed by atoms with Gasteiger partial charge in [0.1, 0.15) is 0 Å². The van der Waals surface area contributed by atoms with Gasteiger partial charge in [-0.25, -0.2) is 5.43 Å². The van der Waals surface area contributed by atoms with E-state index >= 15 is 0 Å². The highest BCUT2D eigenvalue weighted by Crippen LogP contribution is 2.21.